The Morgan fingerprint density at radius 3 is 2.75 bits per heavy atom. The maximum atomic E-state index is 10.9. The highest BCUT2D eigenvalue weighted by atomic mass is 16.6. The Kier molecular flexibility index (Phi) is 7.84. The topological polar surface area (TPSA) is 64.4 Å². The molecule has 20 heavy (non-hydrogen) atoms. The zero-order valence-electron chi connectivity index (χ0n) is 12.3. The molecule has 0 saturated heterocycles. The van der Waals surface area contributed by atoms with E-state index in [4.69, 9.17) is 4.74 Å². The number of nitro benzene ring substituents is 1. The third-order valence-corrected chi connectivity index (χ3v) is 2.85. The second kappa shape index (κ2) is 9.44. The summed E-state index contributed by atoms with van der Waals surface area (Å²) >= 11 is 0. The van der Waals surface area contributed by atoms with Crippen molar-refractivity contribution in [3.8, 4) is 0 Å². The molecule has 0 aliphatic heterocycles. The smallest absolute Gasteiger partial charge is 0.272 e. The molecular weight excluding hydrogens is 256 g/mol. The number of hydrogen-bond acceptors (Lipinski definition) is 4. The molecule has 0 atom stereocenters. The van der Waals surface area contributed by atoms with Crippen LogP contribution in [0.1, 0.15) is 25.8 Å². The molecule has 1 rings (SSSR count). The Hall–Kier alpha value is -1.46. The zero-order chi connectivity index (χ0) is 14.8. The van der Waals surface area contributed by atoms with Gasteiger partial charge in [-0.3, -0.25) is 10.1 Å². The van der Waals surface area contributed by atoms with E-state index in [2.05, 4.69) is 19.2 Å². The predicted molar refractivity (Wildman–Crippen MR) is 79.9 cm³/mol. The zero-order valence-corrected chi connectivity index (χ0v) is 12.3. The molecule has 0 aromatic heterocycles. The van der Waals surface area contributed by atoms with Crippen molar-refractivity contribution in [2.24, 2.45) is 5.92 Å². The third kappa shape index (κ3) is 6.63. The number of para-hydroxylation sites is 1. The van der Waals surface area contributed by atoms with Gasteiger partial charge in [0, 0.05) is 24.8 Å². The third-order valence-electron chi connectivity index (χ3n) is 2.85. The first kappa shape index (κ1) is 16.6. The van der Waals surface area contributed by atoms with Crippen LogP contribution in [-0.4, -0.2) is 31.2 Å². The van der Waals surface area contributed by atoms with Crippen molar-refractivity contribution >= 4 is 5.69 Å². The number of nitrogens with zero attached hydrogens (tertiary/aromatic N) is 1. The van der Waals surface area contributed by atoms with E-state index in [0.29, 0.717) is 12.3 Å². The molecule has 5 heteroatoms. The second-order valence-corrected chi connectivity index (χ2v) is 5.21. The van der Waals surface area contributed by atoms with Crippen LogP contribution < -0.4 is 5.32 Å². The van der Waals surface area contributed by atoms with Crippen LogP contribution in [0.25, 0.3) is 0 Å². The summed E-state index contributed by atoms with van der Waals surface area (Å²) in [4.78, 5) is 10.5. The largest absolute Gasteiger partial charge is 0.381 e. The van der Waals surface area contributed by atoms with Gasteiger partial charge in [-0.05, 0) is 31.8 Å². The van der Waals surface area contributed by atoms with Crippen molar-refractivity contribution in [3.63, 3.8) is 0 Å². The summed E-state index contributed by atoms with van der Waals surface area (Å²) in [5, 5.41) is 14.1. The van der Waals surface area contributed by atoms with Gasteiger partial charge in [0.15, 0.2) is 0 Å². The summed E-state index contributed by atoms with van der Waals surface area (Å²) in [6, 6.07) is 6.89. The standard InChI is InChI=1S/C15H24N2O3/c1-13(2)12-20-11-5-9-16-10-8-14-6-3-4-7-15(14)17(18)19/h3-4,6-7,13,16H,5,8-12H2,1-2H3. The van der Waals surface area contributed by atoms with E-state index in [1.807, 2.05) is 12.1 Å². The highest BCUT2D eigenvalue weighted by Crippen LogP contribution is 2.17. The summed E-state index contributed by atoms with van der Waals surface area (Å²) in [5.74, 6) is 0.571. The van der Waals surface area contributed by atoms with E-state index >= 15 is 0 Å². The van der Waals surface area contributed by atoms with E-state index < -0.39 is 0 Å². The molecule has 1 aromatic rings. The maximum Gasteiger partial charge on any atom is 0.272 e. The number of hydrogen-bond donors (Lipinski definition) is 1. The summed E-state index contributed by atoms with van der Waals surface area (Å²) in [6.45, 7) is 7.44. The minimum Gasteiger partial charge on any atom is -0.381 e. The van der Waals surface area contributed by atoms with Gasteiger partial charge in [0.2, 0.25) is 0 Å². The molecule has 1 aromatic carbocycles. The van der Waals surface area contributed by atoms with Gasteiger partial charge in [-0.25, -0.2) is 0 Å². The molecule has 5 nitrogen and oxygen atoms in total. The SMILES string of the molecule is CC(C)COCCCNCCc1ccccc1[N+](=O)[O-]. The fourth-order valence-corrected chi connectivity index (χ4v) is 1.87. The highest BCUT2D eigenvalue weighted by molar-refractivity contribution is 5.39. The van der Waals surface area contributed by atoms with Gasteiger partial charge < -0.3 is 10.1 Å². The second-order valence-electron chi connectivity index (χ2n) is 5.21. The van der Waals surface area contributed by atoms with Gasteiger partial charge in [-0.1, -0.05) is 32.0 Å². The van der Waals surface area contributed by atoms with E-state index in [-0.39, 0.29) is 10.6 Å². The monoisotopic (exact) mass is 280 g/mol. The van der Waals surface area contributed by atoms with Crippen LogP contribution in [0, 0.1) is 16.0 Å². The quantitative estimate of drug-likeness (QED) is 0.406. The Labute approximate surface area is 120 Å². The van der Waals surface area contributed by atoms with E-state index in [0.717, 1.165) is 38.3 Å². The molecule has 0 unspecified atom stereocenters. The maximum absolute atomic E-state index is 10.9. The number of ether oxygens (including phenoxy) is 1. The molecule has 0 bridgehead atoms. The van der Waals surface area contributed by atoms with Crippen LogP contribution in [0.5, 0.6) is 0 Å². The van der Waals surface area contributed by atoms with E-state index in [9.17, 15) is 10.1 Å². The molecule has 0 saturated carbocycles. The first-order valence-electron chi connectivity index (χ1n) is 7.12. The molecule has 0 spiro atoms. The van der Waals surface area contributed by atoms with E-state index in [1.165, 1.54) is 0 Å². The lowest BCUT2D eigenvalue weighted by molar-refractivity contribution is -0.385. The highest BCUT2D eigenvalue weighted by Gasteiger charge is 2.10. The summed E-state index contributed by atoms with van der Waals surface area (Å²) in [5.41, 5.74) is 0.982. The van der Waals surface area contributed by atoms with E-state index in [1.54, 1.807) is 12.1 Å². The summed E-state index contributed by atoms with van der Waals surface area (Å²) in [7, 11) is 0. The molecule has 0 amide bonds. The minimum absolute atomic E-state index is 0.203. The van der Waals surface area contributed by atoms with Crippen molar-refractivity contribution < 1.29 is 9.66 Å². The van der Waals surface area contributed by atoms with Crippen LogP contribution in [0.2, 0.25) is 0 Å². The van der Waals surface area contributed by atoms with Crippen molar-refractivity contribution in [1.82, 2.24) is 5.32 Å². The lowest BCUT2D eigenvalue weighted by Crippen LogP contribution is -2.20. The average molecular weight is 280 g/mol. The van der Waals surface area contributed by atoms with Gasteiger partial charge in [-0.2, -0.15) is 0 Å². The Bertz CT molecular complexity index is 408. The molecule has 0 fully saturated rings. The van der Waals surface area contributed by atoms with Crippen molar-refractivity contribution in [2.45, 2.75) is 26.7 Å². The fraction of sp³-hybridized carbons (Fsp3) is 0.600. The Morgan fingerprint density at radius 1 is 1.30 bits per heavy atom. The van der Waals surface area contributed by atoms with Crippen LogP contribution in [-0.2, 0) is 11.2 Å². The van der Waals surface area contributed by atoms with Crippen LogP contribution >= 0.6 is 0 Å². The number of rotatable bonds is 10. The molecule has 0 heterocycles. The van der Waals surface area contributed by atoms with Gasteiger partial charge >= 0.3 is 0 Å². The summed E-state index contributed by atoms with van der Waals surface area (Å²) < 4.78 is 5.48. The van der Waals surface area contributed by atoms with Crippen LogP contribution in [0.4, 0.5) is 5.69 Å². The molecule has 0 aliphatic rings. The lowest BCUT2D eigenvalue weighted by atomic mass is 10.1. The molecular formula is C15H24N2O3. The molecule has 0 aliphatic carbocycles. The Morgan fingerprint density at radius 2 is 2.05 bits per heavy atom. The predicted octanol–water partition coefficient (Wildman–Crippen LogP) is 2.79. The van der Waals surface area contributed by atoms with Crippen LogP contribution in [0.3, 0.4) is 0 Å². The number of benzene rings is 1. The van der Waals surface area contributed by atoms with Crippen molar-refractivity contribution in [3.05, 3.63) is 39.9 Å². The van der Waals surface area contributed by atoms with Gasteiger partial charge in [0.05, 0.1) is 4.92 Å². The van der Waals surface area contributed by atoms with Gasteiger partial charge in [0.25, 0.3) is 5.69 Å². The van der Waals surface area contributed by atoms with Gasteiger partial charge in [0.1, 0.15) is 0 Å². The fourth-order valence-electron chi connectivity index (χ4n) is 1.87. The number of nitrogens with one attached hydrogen (secondary N) is 1. The van der Waals surface area contributed by atoms with Crippen molar-refractivity contribution in [1.29, 1.82) is 0 Å². The molecule has 112 valence electrons. The number of nitro groups is 1. The van der Waals surface area contributed by atoms with Gasteiger partial charge in [-0.15, -0.1) is 0 Å². The molecule has 0 radical (unpaired) electrons. The normalized spacial score (nSPS) is 10.9. The first-order chi connectivity index (χ1) is 9.61. The summed E-state index contributed by atoms with van der Waals surface area (Å²) in [6.07, 6.45) is 1.63. The molecule has 1 N–H and O–H groups in total. The first-order valence-corrected chi connectivity index (χ1v) is 7.12. The van der Waals surface area contributed by atoms with Crippen molar-refractivity contribution in [2.75, 3.05) is 26.3 Å². The average Bonchev–Trinajstić information content (AvgIpc) is 2.41. The Balaban J connectivity index is 2.14. The minimum atomic E-state index is -0.324. The van der Waals surface area contributed by atoms with Crippen LogP contribution in [0.15, 0.2) is 24.3 Å². The lowest BCUT2D eigenvalue weighted by Gasteiger charge is -2.08.